The normalized spacial score (nSPS) is 27.9. The standard InChI is InChI=1S/C49H64F2N6O5/c1-8-38-40(51)17-12-32-22-37(58)24-39(43(32)38)33-23-41-44(61-28-33)45(52-29-48(18-10-11-19-48)55(7)42(59)9-2)54-46(53-41)62-30-49(47(4,5)6)25-34(50)26-57(49)36-15-13-35(14-16-36)56-20-21-60-27-31(56)3/h1,9,12,17,22,24,31,33-36,58H,2,10-11,13-16,18-21,23,25-30H2,3-7H3,(H,52,53,54)/t31-,33+,34+,35?,36?,49-/m0/s1. The molecular weight excluding hydrogens is 791 g/mol. The maximum absolute atomic E-state index is 16.0. The molecule has 4 heterocycles. The lowest BCUT2D eigenvalue weighted by Crippen LogP contribution is -2.61. The lowest BCUT2D eigenvalue weighted by Gasteiger charge is -2.52. The predicted molar refractivity (Wildman–Crippen MR) is 237 cm³/mol. The number of hydrogen-bond donors (Lipinski definition) is 2. The fourth-order valence-corrected chi connectivity index (χ4v) is 11.5. The highest BCUT2D eigenvalue weighted by Gasteiger charge is 2.56. The van der Waals surface area contributed by atoms with Gasteiger partial charge in [0.1, 0.15) is 24.3 Å². The molecule has 2 saturated carbocycles. The Kier molecular flexibility index (Phi) is 12.5. The van der Waals surface area contributed by atoms with E-state index in [-0.39, 0.29) is 53.8 Å². The van der Waals surface area contributed by atoms with Gasteiger partial charge < -0.3 is 29.5 Å². The Morgan fingerprint density at radius 2 is 1.90 bits per heavy atom. The van der Waals surface area contributed by atoms with Gasteiger partial charge in [0.25, 0.3) is 0 Å². The summed E-state index contributed by atoms with van der Waals surface area (Å²) in [6.45, 7) is 16.1. The second-order valence-electron chi connectivity index (χ2n) is 19.6. The number of ether oxygens (including phenoxy) is 3. The highest BCUT2D eigenvalue weighted by molar-refractivity contribution is 5.93. The fourth-order valence-electron chi connectivity index (χ4n) is 11.5. The maximum atomic E-state index is 16.0. The van der Waals surface area contributed by atoms with Gasteiger partial charge in [0, 0.05) is 69.0 Å². The number of halogens is 2. The molecule has 334 valence electrons. The highest BCUT2D eigenvalue weighted by atomic mass is 19.1. The van der Waals surface area contributed by atoms with E-state index in [2.05, 4.69) is 55.3 Å². The summed E-state index contributed by atoms with van der Waals surface area (Å²) < 4.78 is 50.2. The van der Waals surface area contributed by atoms with Gasteiger partial charge in [0.05, 0.1) is 42.2 Å². The van der Waals surface area contributed by atoms with Crippen LogP contribution >= 0.6 is 0 Å². The molecule has 2 aromatic carbocycles. The van der Waals surface area contributed by atoms with Crippen LogP contribution in [0.3, 0.4) is 0 Å². The minimum Gasteiger partial charge on any atom is -0.508 e. The van der Waals surface area contributed by atoms with E-state index in [9.17, 15) is 9.90 Å². The molecular formula is C49H64F2N6O5. The Labute approximate surface area is 365 Å². The summed E-state index contributed by atoms with van der Waals surface area (Å²) in [7, 11) is 1.82. The zero-order valence-electron chi connectivity index (χ0n) is 37.2. The van der Waals surface area contributed by atoms with Gasteiger partial charge in [-0.05, 0) is 86.1 Å². The smallest absolute Gasteiger partial charge is 0.318 e. The van der Waals surface area contributed by atoms with Crippen molar-refractivity contribution in [2.75, 3.05) is 58.4 Å². The van der Waals surface area contributed by atoms with Crippen molar-refractivity contribution in [2.45, 2.75) is 133 Å². The Morgan fingerprint density at radius 3 is 2.60 bits per heavy atom. The summed E-state index contributed by atoms with van der Waals surface area (Å²) in [6.07, 6.45) is 14.6. The minimum absolute atomic E-state index is 0.0332. The third kappa shape index (κ3) is 8.23. The monoisotopic (exact) mass is 854 g/mol. The number of terminal acetylenes is 1. The minimum atomic E-state index is -1.00. The van der Waals surface area contributed by atoms with Crippen molar-refractivity contribution < 1.29 is 32.9 Å². The van der Waals surface area contributed by atoms with Crippen LogP contribution in [0.4, 0.5) is 14.6 Å². The van der Waals surface area contributed by atoms with Crippen LogP contribution in [0, 0.1) is 23.6 Å². The molecule has 2 N–H and O–H groups in total. The number of benzene rings is 2. The number of nitrogens with one attached hydrogen (secondary N) is 1. The van der Waals surface area contributed by atoms with E-state index in [0.717, 1.165) is 71.1 Å². The van der Waals surface area contributed by atoms with Crippen molar-refractivity contribution in [3.05, 3.63) is 59.6 Å². The first-order valence-electron chi connectivity index (χ1n) is 22.6. The molecule has 2 aliphatic carbocycles. The number of aromatic nitrogens is 2. The number of likely N-dealkylation sites (N-methyl/N-ethyl adjacent to an activating group) is 1. The number of carbonyl (C=O) groups is 1. The third-order valence-corrected chi connectivity index (χ3v) is 15.1. The van der Waals surface area contributed by atoms with E-state index in [4.69, 9.17) is 30.6 Å². The first kappa shape index (κ1) is 44.1. The molecule has 0 radical (unpaired) electrons. The first-order valence-corrected chi connectivity index (χ1v) is 22.6. The van der Waals surface area contributed by atoms with Gasteiger partial charge in [0.2, 0.25) is 5.91 Å². The van der Waals surface area contributed by atoms with Crippen molar-refractivity contribution in [1.29, 1.82) is 0 Å². The van der Waals surface area contributed by atoms with Gasteiger partial charge in [-0.1, -0.05) is 52.2 Å². The molecule has 62 heavy (non-hydrogen) atoms. The van der Waals surface area contributed by atoms with Crippen LogP contribution in [0.25, 0.3) is 10.8 Å². The molecule has 5 aliphatic rings. The van der Waals surface area contributed by atoms with E-state index in [1.165, 1.54) is 12.1 Å². The van der Waals surface area contributed by atoms with Crippen LogP contribution in [0.2, 0.25) is 0 Å². The summed E-state index contributed by atoms with van der Waals surface area (Å²) >= 11 is 0. The van der Waals surface area contributed by atoms with E-state index >= 15 is 8.78 Å². The molecule has 0 bridgehead atoms. The zero-order valence-corrected chi connectivity index (χ0v) is 37.2. The van der Waals surface area contributed by atoms with E-state index in [0.29, 0.717) is 71.6 Å². The molecule has 0 unspecified atom stereocenters. The number of phenols is 1. The second-order valence-corrected chi connectivity index (χ2v) is 19.6. The predicted octanol–water partition coefficient (Wildman–Crippen LogP) is 7.78. The van der Waals surface area contributed by atoms with Crippen molar-refractivity contribution in [3.63, 3.8) is 0 Å². The molecule has 0 spiro atoms. The second kappa shape index (κ2) is 17.6. The molecule has 11 nitrogen and oxygen atoms in total. The van der Waals surface area contributed by atoms with Gasteiger partial charge in [-0.2, -0.15) is 9.97 Å². The van der Waals surface area contributed by atoms with Gasteiger partial charge in [0.15, 0.2) is 11.6 Å². The largest absolute Gasteiger partial charge is 0.508 e. The van der Waals surface area contributed by atoms with Crippen molar-refractivity contribution in [1.82, 2.24) is 24.7 Å². The number of likely N-dealkylation sites (tertiary alicyclic amines) is 1. The zero-order chi connectivity index (χ0) is 44.0. The average molecular weight is 855 g/mol. The van der Waals surface area contributed by atoms with Crippen LogP contribution in [0.1, 0.15) is 108 Å². The number of amides is 1. The molecule has 8 rings (SSSR count). The number of nitrogens with zero attached hydrogens (tertiary/aromatic N) is 5. The number of hydrogen-bond acceptors (Lipinski definition) is 10. The summed E-state index contributed by atoms with van der Waals surface area (Å²) in [4.78, 5) is 29.7. The van der Waals surface area contributed by atoms with Gasteiger partial charge in [-0.25, -0.2) is 8.78 Å². The number of phenolic OH excluding ortho intramolecular Hbond substituents is 1. The Balaban J connectivity index is 1.12. The van der Waals surface area contributed by atoms with E-state index in [1.807, 2.05) is 7.05 Å². The van der Waals surface area contributed by atoms with Crippen LogP contribution in [0.15, 0.2) is 36.9 Å². The maximum Gasteiger partial charge on any atom is 0.318 e. The number of morpholine rings is 1. The summed E-state index contributed by atoms with van der Waals surface area (Å²) in [5.74, 6) is 2.45. The van der Waals surface area contributed by atoms with Gasteiger partial charge in [-0.15, -0.1) is 6.42 Å². The number of alkyl halides is 1. The Morgan fingerprint density at radius 1 is 1.16 bits per heavy atom. The van der Waals surface area contributed by atoms with Crippen LogP contribution in [-0.2, 0) is 16.0 Å². The molecule has 2 saturated heterocycles. The molecule has 4 atom stereocenters. The summed E-state index contributed by atoms with van der Waals surface area (Å²) in [5.41, 5.74) is -0.103. The number of aromatic hydroxyl groups is 1. The number of fused-ring (bicyclic) bond motifs is 2. The average Bonchev–Trinajstić information content (AvgIpc) is 3.89. The lowest BCUT2D eigenvalue weighted by molar-refractivity contribution is -0.129. The number of carbonyl (C=O) groups excluding carboxylic acids is 1. The lowest BCUT2D eigenvalue weighted by atomic mass is 9.71. The van der Waals surface area contributed by atoms with E-state index in [1.54, 1.807) is 23.1 Å². The quantitative estimate of drug-likeness (QED) is 0.147. The Bertz CT molecular complexity index is 2190. The van der Waals surface area contributed by atoms with Crippen molar-refractivity contribution >= 4 is 22.5 Å². The molecule has 3 aromatic rings. The number of anilines is 1. The van der Waals surface area contributed by atoms with Crippen LogP contribution < -0.4 is 14.8 Å². The summed E-state index contributed by atoms with van der Waals surface area (Å²) in [6, 6.07) is 7.39. The Hall–Kier alpha value is -4.51. The van der Waals surface area contributed by atoms with E-state index < -0.39 is 23.1 Å². The van der Waals surface area contributed by atoms with Crippen molar-refractivity contribution in [2.24, 2.45) is 5.41 Å². The van der Waals surface area contributed by atoms with Gasteiger partial charge >= 0.3 is 6.01 Å². The van der Waals surface area contributed by atoms with Crippen LogP contribution in [-0.4, -0.2) is 124 Å². The molecule has 4 fully saturated rings. The molecule has 13 heteroatoms. The topological polar surface area (TPSA) is 113 Å². The SMILES string of the molecule is C#Cc1c(F)ccc2cc(O)cc([C@H]3COc4c(nc(OC[C@]5(C(C)(C)C)C[C@@H](F)CN5C5CCC(N6CCOC[C@@H]6C)CC5)nc4NCC4(N(C)C(=O)C=C)CCCC4)C3)c12. The third-order valence-electron chi connectivity index (χ3n) is 15.1. The number of rotatable bonds is 11. The molecule has 1 amide bonds. The summed E-state index contributed by atoms with van der Waals surface area (Å²) in [5, 5.41) is 15.6. The first-order chi connectivity index (χ1) is 29.7. The highest BCUT2D eigenvalue weighted by Crippen LogP contribution is 2.49. The van der Waals surface area contributed by atoms with Gasteiger partial charge in [-0.3, -0.25) is 14.6 Å². The van der Waals surface area contributed by atoms with Crippen LogP contribution in [0.5, 0.6) is 17.5 Å². The molecule has 3 aliphatic heterocycles. The molecule has 1 aromatic heterocycles. The fraction of sp³-hybridized carbons (Fsp3) is 0.612. The van der Waals surface area contributed by atoms with Crippen molar-refractivity contribution in [3.8, 4) is 29.9 Å².